The molecule has 6 heteroatoms. The summed E-state index contributed by atoms with van der Waals surface area (Å²) in [6.45, 7) is 1.44. The number of anilines is 1. The zero-order valence-corrected chi connectivity index (χ0v) is 10.3. The van der Waals surface area contributed by atoms with E-state index in [1.807, 2.05) is 0 Å². The largest absolute Gasteiger partial charge is 0.476 e. The lowest BCUT2D eigenvalue weighted by Gasteiger charge is -2.02. The van der Waals surface area contributed by atoms with Crippen LogP contribution in [-0.4, -0.2) is 22.0 Å². The van der Waals surface area contributed by atoms with Crippen molar-refractivity contribution in [2.45, 2.75) is 6.92 Å². The van der Waals surface area contributed by atoms with Gasteiger partial charge in [-0.1, -0.05) is 12.1 Å². The fraction of sp³-hybridized carbons (Fsp3) is 0.0833. The Labute approximate surface area is 107 Å². The van der Waals surface area contributed by atoms with E-state index in [2.05, 4.69) is 10.3 Å². The number of benzene rings is 1. The van der Waals surface area contributed by atoms with Crippen LogP contribution < -0.4 is 5.32 Å². The fourth-order valence-electron chi connectivity index (χ4n) is 1.43. The van der Waals surface area contributed by atoms with Gasteiger partial charge in [-0.2, -0.15) is 0 Å². The van der Waals surface area contributed by atoms with Crippen molar-refractivity contribution in [2.75, 3.05) is 5.32 Å². The van der Waals surface area contributed by atoms with Gasteiger partial charge in [0, 0.05) is 23.6 Å². The summed E-state index contributed by atoms with van der Waals surface area (Å²) in [5.41, 5.74) is 2.12. The van der Waals surface area contributed by atoms with E-state index in [1.165, 1.54) is 6.92 Å². The van der Waals surface area contributed by atoms with Crippen LogP contribution in [0.15, 0.2) is 29.6 Å². The summed E-state index contributed by atoms with van der Waals surface area (Å²) in [6.07, 6.45) is 0. The smallest absolute Gasteiger partial charge is 0.365 e. The van der Waals surface area contributed by atoms with Crippen molar-refractivity contribution in [1.82, 2.24) is 4.98 Å². The molecule has 1 aromatic heterocycles. The van der Waals surface area contributed by atoms with Gasteiger partial charge in [-0.25, -0.2) is 9.78 Å². The average molecular weight is 262 g/mol. The Morgan fingerprint density at radius 2 is 1.94 bits per heavy atom. The second kappa shape index (κ2) is 4.97. The molecule has 1 aromatic carbocycles. The highest BCUT2D eigenvalue weighted by molar-refractivity contribution is 7.11. The Morgan fingerprint density at radius 3 is 2.44 bits per heavy atom. The first kappa shape index (κ1) is 12.3. The first-order valence-electron chi connectivity index (χ1n) is 5.13. The number of hydrogen-bond acceptors (Lipinski definition) is 4. The van der Waals surface area contributed by atoms with Crippen LogP contribution in [-0.2, 0) is 4.79 Å². The molecule has 0 aliphatic rings. The SMILES string of the molecule is CC(=O)Nc1ccc(-c2csc(C(=O)O)n2)cc1. The van der Waals surface area contributed by atoms with Gasteiger partial charge in [-0.3, -0.25) is 4.79 Å². The Hall–Kier alpha value is -2.21. The Balaban J connectivity index is 2.22. The first-order chi connectivity index (χ1) is 8.56. The molecule has 5 nitrogen and oxygen atoms in total. The number of thiazole rings is 1. The number of aromatic nitrogens is 1. The molecule has 0 spiro atoms. The van der Waals surface area contributed by atoms with Crippen molar-refractivity contribution < 1.29 is 14.7 Å². The molecule has 2 aromatic rings. The second-order valence-corrected chi connectivity index (χ2v) is 4.46. The van der Waals surface area contributed by atoms with Crippen molar-refractivity contribution in [2.24, 2.45) is 0 Å². The van der Waals surface area contributed by atoms with E-state index in [0.29, 0.717) is 11.4 Å². The fourth-order valence-corrected chi connectivity index (χ4v) is 2.10. The molecular weight excluding hydrogens is 252 g/mol. The Morgan fingerprint density at radius 1 is 1.28 bits per heavy atom. The highest BCUT2D eigenvalue weighted by atomic mass is 32.1. The number of carbonyl (C=O) groups is 2. The van der Waals surface area contributed by atoms with Crippen LogP contribution >= 0.6 is 11.3 Å². The molecule has 0 atom stereocenters. The predicted molar refractivity (Wildman–Crippen MR) is 68.8 cm³/mol. The number of hydrogen-bond donors (Lipinski definition) is 2. The third-order valence-corrected chi connectivity index (χ3v) is 3.02. The molecule has 92 valence electrons. The van der Waals surface area contributed by atoms with Gasteiger partial charge in [0.05, 0.1) is 5.69 Å². The number of amides is 1. The zero-order chi connectivity index (χ0) is 13.1. The second-order valence-electron chi connectivity index (χ2n) is 3.60. The molecule has 1 heterocycles. The number of carboxylic acids is 1. The maximum Gasteiger partial charge on any atom is 0.365 e. The van der Waals surface area contributed by atoms with Crippen LogP contribution in [0, 0.1) is 0 Å². The number of carboxylic acid groups (broad SMARTS) is 1. The molecule has 0 unspecified atom stereocenters. The van der Waals surface area contributed by atoms with Crippen molar-refractivity contribution in [3.63, 3.8) is 0 Å². The number of nitrogens with one attached hydrogen (secondary N) is 1. The minimum absolute atomic E-state index is 0.0657. The topological polar surface area (TPSA) is 79.3 Å². The van der Waals surface area contributed by atoms with Crippen LogP contribution in [0.4, 0.5) is 5.69 Å². The molecule has 2 rings (SSSR count). The molecule has 0 fully saturated rings. The van der Waals surface area contributed by atoms with Crippen molar-refractivity contribution in [3.8, 4) is 11.3 Å². The number of nitrogens with zero attached hydrogens (tertiary/aromatic N) is 1. The summed E-state index contributed by atoms with van der Waals surface area (Å²) in [4.78, 5) is 25.6. The van der Waals surface area contributed by atoms with E-state index in [1.54, 1.807) is 29.6 Å². The van der Waals surface area contributed by atoms with Gasteiger partial charge < -0.3 is 10.4 Å². The lowest BCUT2D eigenvalue weighted by molar-refractivity contribution is -0.114. The standard InChI is InChI=1S/C12H10N2O3S/c1-7(15)13-9-4-2-8(3-5-9)10-6-18-11(14-10)12(16)17/h2-6H,1H3,(H,13,15)(H,16,17). The third kappa shape index (κ3) is 2.72. The van der Waals surface area contributed by atoms with Gasteiger partial charge in [0.25, 0.3) is 0 Å². The van der Waals surface area contributed by atoms with E-state index < -0.39 is 5.97 Å². The van der Waals surface area contributed by atoms with Crippen LogP contribution in [0.25, 0.3) is 11.3 Å². The molecule has 0 bridgehead atoms. The predicted octanol–water partition coefficient (Wildman–Crippen LogP) is 2.47. The highest BCUT2D eigenvalue weighted by Crippen LogP contribution is 2.23. The van der Waals surface area contributed by atoms with Gasteiger partial charge >= 0.3 is 5.97 Å². The van der Waals surface area contributed by atoms with E-state index in [0.717, 1.165) is 16.9 Å². The van der Waals surface area contributed by atoms with Gasteiger partial charge in [0.2, 0.25) is 10.9 Å². The van der Waals surface area contributed by atoms with Crippen LogP contribution in [0.1, 0.15) is 16.7 Å². The molecule has 0 aliphatic heterocycles. The van der Waals surface area contributed by atoms with E-state index >= 15 is 0 Å². The molecule has 18 heavy (non-hydrogen) atoms. The highest BCUT2D eigenvalue weighted by Gasteiger charge is 2.10. The monoisotopic (exact) mass is 262 g/mol. The summed E-state index contributed by atoms with van der Waals surface area (Å²) in [7, 11) is 0. The minimum atomic E-state index is -1.03. The lowest BCUT2D eigenvalue weighted by Crippen LogP contribution is -2.05. The lowest BCUT2D eigenvalue weighted by atomic mass is 10.1. The maximum atomic E-state index is 10.9. The maximum absolute atomic E-state index is 10.9. The summed E-state index contributed by atoms with van der Waals surface area (Å²) in [5, 5.41) is 13.2. The van der Waals surface area contributed by atoms with Crippen LogP contribution in [0.5, 0.6) is 0 Å². The van der Waals surface area contributed by atoms with E-state index in [-0.39, 0.29) is 10.9 Å². The number of carbonyl (C=O) groups excluding carboxylic acids is 1. The van der Waals surface area contributed by atoms with E-state index in [4.69, 9.17) is 5.11 Å². The van der Waals surface area contributed by atoms with Gasteiger partial charge in [-0.05, 0) is 12.1 Å². The molecule has 0 saturated heterocycles. The molecular formula is C12H10N2O3S. The van der Waals surface area contributed by atoms with Crippen molar-refractivity contribution >= 4 is 28.9 Å². The molecule has 0 aliphatic carbocycles. The number of rotatable bonds is 3. The summed E-state index contributed by atoms with van der Waals surface area (Å²) in [5.74, 6) is -1.16. The van der Waals surface area contributed by atoms with Gasteiger partial charge in [0.1, 0.15) is 0 Å². The molecule has 1 amide bonds. The average Bonchev–Trinajstić information content (AvgIpc) is 2.78. The van der Waals surface area contributed by atoms with E-state index in [9.17, 15) is 9.59 Å². The molecule has 2 N–H and O–H groups in total. The summed E-state index contributed by atoms with van der Waals surface area (Å²) >= 11 is 1.09. The Bertz CT molecular complexity index is 590. The van der Waals surface area contributed by atoms with Crippen LogP contribution in [0.2, 0.25) is 0 Å². The van der Waals surface area contributed by atoms with Crippen molar-refractivity contribution in [3.05, 3.63) is 34.7 Å². The molecule has 0 saturated carbocycles. The summed E-state index contributed by atoms with van der Waals surface area (Å²) in [6, 6.07) is 7.06. The Kier molecular flexibility index (Phi) is 3.38. The van der Waals surface area contributed by atoms with Crippen LogP contribution in [0.3, 0.4) is 0 Å². The quantitative estimate of drug-likeness (QED) is 0.890. The molecule has 0 radical (unpaired) electrons. The zero-order valence-electron chi connectivity index (χ0n) is 9.51. The minimum Gasteiger partial charge on any atom is -0.476 e. The van der Waals surface area contributed by atoms with Gasteiger partial charge in [0.15, 0.2) is 0 Å². The van der Waals surface area contributed by atoms with Gasteiger partial charge in [-0.15, -0.1) is 11.3 Å². The summed E-state index contributed by atoms with van der Waals surface area (Å²) < 4.78 is 0. The first-order valence-corrected chi connectivity index (χ1v) is 6.01. The normalized spacial score (nSPS) is 10.1. The third-order valence-electron chi connectivity index (χ3n) is 2.19. The number of aromatic carboxylic acids is 1. The van der Waals surface area contributed by atoms with Crippen molar-refractivity contribution in [1.29, 1.82) is 0 Å².